The highest BCUT2D eigenvalue weighted by Gasteiger charge is 2.25. The Hall–Kier alpha value is -4.15. The predicted molar refractivity (Wildman–Crippen MR) is 90.0 cm³/mol. The van der Waals surface area contributed by atoms with Crippen LogP contribution < -0.4 is 5.32 Å². The Kier molecular flexibility index (Phi) is 3.89. The molecular formula is C15H10N4O7. The normalized spacial score (nSPS) is 10.6. The van der Waals surface area contributed by atoms with Crippen LogP contribution in [0.1, 0.15) is 10.4 Å². The minimum atomic E-state index is -1.16. The number of rotatable bonds is 5. The van der Waals surface area contributed by atoms with Crippen molar-refractivity contribution in [3.63, 3.8) is 0 Å². The van der Waals surface area contributed by atoms with Gasteiger partial charge in [0.15, 0.2) is 0 Å². The average molecular weight is 358 g/mol. The quantitative estimate of drug-likeness (QED) is 0.398. The van der Waals surface area contributed by atoms with Crippen LogP contribution >= 0.6 is 0 Å². The third-order valence-electron chi connectivity index (χ3n) is 3.64. The van der Waals surface area contributed by atoms with Gasteiger partial charge in [-0.25, -0.2) is 4.79 Å². The molecule has 0 aliphatic rings. The molecule has 132 valence electrons. The van der Waals surface area contributed by atoms with E-state index in [2.05, 4.69) is 10.3 Å². The summed E-state index contributed by atoms with van der Waals surface area (Å²) in [7, 11) is 0. The van der Waals surface area contributed by atoms with E-state index in [0.717, 1.165) is 12.1 Å². The summed E-state index contributed by atoms with van der Waals surface area (Å²) in [6, 6.07) is 7.47. The van der Waals surface area contributed by atoms with Crippen molar-refractivity contribution in [1.29, 1.82) is 0 Å². The molecule has 11 heteroatoms. The summed E-state index contributed by atoms with van der Waals surface area (Å²) in [5, 5.41) is 44.1. The maximum Gasteiger partial charge on any atom is 0.335 e. The standard InChI is InChI=1S/C15H10N4O7/c20-14-13(16-8-3-1-2-7(4-8)15(21)22)10-5-9(18(23)24)6-11(19(25)26)12(10)17-14/h1-6,16-17,20H,(H,21,22). The topological polar surface area (TPSA) is 172 Å². The smallest absolute Gasteiger partial charge is 0.335 e. The molecule has 0 unspecified atom stereocenters. The number of H-pyrrole nitrogens is 1. The summed E-state index contributed by atoms with van der Waals surface area (Å²) in [6.07, 6.45) is 0. The number of hydrogen-bond donors (Lipinski definition) is 4. The van der Waals surface area contributed by atoms with E-state index in [0.29, 0.717) is 0 Å². The number of non-ortho nitro benzene ring substituents is 2. The van der Waals surface area contributed by atoms with Gasteiger partial charge in [-0.15, -0.1) is 0 Å². The number of anilines is 2. The number of aromatic carboxylic acids is 1. The molecule has 0 atom stereocenters. The molecule has 0 spiro atoms. The molecule has 0 aliphatic carbocycles. The minimum Gasteiger partial charge on any atom is -0.493 e. The zero-order valence-corrected chi connectivity index (χ0v) is 12.8. The number of aromatic hydroxyl groups is 1. The number of carboxylic acid groups (broad SMARTS) is 1. The zero-order chi connectivity index (χ0) is 19.0. The second kappa shape index (κ2) is 6.05. The first-order valence-electron chi connectivity index (χ1n) is 7.05. The monoisotopic (exact) mass is 358 g/mol. The molecule has 11 nitrogen and oxygen atoms in total. The number of fused-ring (bicyclic) bond motifs is 1. The van der Waals surface area contributed by atoms with E-state index < -0.39 is 33.1 Å². The lowest BCUT2D eigenvalue weighted by molar-refractivity contribution is -0.393. The molecule has 1 aromatic heterocycles. The summed E-state index contributed by atoms with van der Waals surface area (Å²) < 4.78 is 0. The fourth-order valence-corrected chi connectivity index (χ4v) is 2.50. The van der Waals surface area contributed by atoms with Crippen molar-refractivity contribution in [2.45, 2.75) is 0 Å². The van der Waals surface area contributed by atoms with Crippen LogP contribution in [0.3, 0.4) is 0 Å². The lowest BCUT2D eigenvalue weighted by Gasteiger charge is -2.06. The van der Waals surface area contributed by atoms with Gasteiger partial charge in [0.05, 0.1) is 21.5 Å². The average Bonchev–Trinajstić information content (AvgIpc) is 2.89. The lowest BCUT2D eigenvalue weighted by Crippen LogP contribution is -1.98. The summed E-state index contributed by atoms with van der Waals surface area (Å²) in [5.74, 6) is -1.65. The molecule has 4 N–H and O–H groups in total. The Labute approximate surface area is 143 Å². The van der Waals surface area contributed by atoms with Crippen LogP contribution in [0.25, 0.3) is 10.9 Å². The van der Waals surface area contributed by atoms with Gasteiger partial charge in [0, 0.05) is 17.1 Å². The molecule has 0 saturated heterocycles. The molecule has 3 rings (SSSR count). The van der Waals surface area contributed by atoms with E-state index in [4.69, 9.17) is 5.11 Å². The molecule has 0 saturated carbocycles. The number of hydrogen-bond acceptors (Lipinski definition) is 7. The molecule has 0 amide bonds. The van der Waals surface area contributed by atoms with Crippen molar-refractivity contribution in [2.75, 3.05) is 5.32 Å². The Bertz CT molecular complexity index is 1070. The number of carbonyl (C=O) groups is 1. The molecule has 26 heavy (non-hydrogen) atoms. The van der Waals surface area contributed by atoms with Crippen molar-refractivity contribution in [2.24, 2.45) is 0 Å². The third-order valence-corrected chi connectivity index (χ3v) is 3.64. The highest BCUT2D eigenvalue weighted by molar-refractivity contribution is 6.03. The predicted octanol–water partition coefficient (Wildman–Crippen LogP) is 3.13. The summed E-state index contributed by atoms with van der Waals surface area (Å²) in [5.41, 5.74) is -0.992. The Morgan fingerprint density at radius 1 is 1.12 bits per heavy atom. The number of benzene rings is 2. The first kappa shape index (κ1) is 16.7. The van der Waals surface area contributed by atoms with Gasteiger partial charge in [-0.05, 0) is 18.2 Å². The highest BCUT2D eigenvalue weighted by Crippen LogP contribution is 2.41. The molecule has 2 aromatic carbocycles. The van der Waals surface area contributed by atoms with E-state index in [-0.39, 0.29) is 27.8 Å². The van der Waals surface area contributed by atoms with Crippen molar-refractivity contribution in [3.05, 3.63) is 62.2 Å². The number of aromatic nitrogens is 1. The summed E-state index contributed by atoms with van der Waals surface area (Å²) in [6.45, 7) is 0. The highest BCUT2D eigenvalue weighted by atomic mass is 16.6. The van der Waals surface area contributed by atoms with Gasteiger partial charge in [0.2, 0.25) is 5.88 Å². The van der Waals surface area contributed by atoms with Crippen LogP contribution in [0, 0.1) is 20.2 Å². The largest absolute Gasteiger partial charge is 0.493 e. The maximum absolute atomic E-state index is 11.2. The molecule has 0 aliphatic heterocycles. The van der Waals surface area contributed by atoms with Gasteiger partial charge in [-0.2, -0.15) is 0 Å². The molecule has 0 radical (unpaired) electrons. The van der Waals surface area contributed by atoms with Crippen molar-refractivity contribution < 1.29 is 24.9 Å². The second-order valence-corrected chi connectivity index (χ2v) is 5.26. The van der Waals surface area contributed by atoms with Crippen LogP contribution in [0.4, 0.5) is 22.7 Å². The van der Waals surface area contributed by atoms with Crippen molar-refractivity contribution in [1.82, 2.24) is 4.98 Å². The second-order valence-electron chi connectivity index (χ2n) is 5.26. The Morgan fingerprint density at radius 2 is 1.85 bits per heavy atom. The molecule has 1 heterocycles. The van der Waals surface area contributed by atoms with E-state index in [1.807, 2.05) is 0 Å². The van der Waals surface area contributed by atoms with Gasteiger partial charge in [-0.3, -0.25) is 20.2 Å². The fourth-order valence-electron chi connectivity index (χ4n) is 2.50. The van der Waals surface area contributed by atoms with Crippen LogP contribution in [0.15, 0.2) is 36.4 Å². The van der Waals surface area contributed by atoms with Crippen LogP contribution in [0.2, 0.25) is 0 Å². The number of nitrogens with one attached hydrogen (secondary N) is 2. The van der Waals surface area contributed by atoms with Crippen molar-refractivity contribution >= 4 is 39.6 Å². The number of nitrogens with zero attached hydrogens (tertiary/aromatic N) is 2. The number of nitro groups is 2. The molecule has 0 bridgehead atoms. The van der Waals surface area contributed by atoms with E-state index in [9.17, 15) is 30.1 Å². The summed E-state index contributed by atoms with van der Waals surface area (Å²) in [4.78, 5) is 34.1. The Morgan fingerprint density at radius 3 is 2.46 bits per heavy atom. The number of aromatic amines is 1. The SMILES string of the molecule is O=C(O)c1cccc(Nc2c(O)[nH]c3c([N+](=O)[O-])cc([N+](=O)[O-])cc23)c1. The van der Waals surface area contributed by atoms with E-state index in [1.165, 1.54) is 24.3 Å². The third kappa shape index (κ3) is 2.84. The maximum atomic E-state index is 11.2. The minimum absolute atomic E-state index is 0.0177. The van der Waals surface area contributed by atoms with Crippen LogP contribution in [-0.4, -0.2) is 31.0 Å². The lowest BCUT2D eigenvalue weighted by atomic mass is 10.1. The van der Waals surface area contributed by atoms with Gasteiger partial charge in [0.25, 0.3) is 11.4 Å². The summed E-state index contributed by atoms with van der Waals surface area (Å²) >= 11 is 0. The Balaban J connectivity index is 2.18. The van der Waals surface area contributed by atoms with Crippen molar-refractivity contribution in [3.8, 4) is 5.88 Å². The molecular weight excluding hydrogens is 348 g/mol. The number of nitro benzene ring substituents is 2. The first-order valence-corrected chi connectivity index (χ1v) is 7.05. The van der Waals surface area contributed by atoms with Gasteiger partial charge in [-0.1, -0.05) is 6.07 Å². The fraction of sp³-hybridized carbons (Fsp3) is 0. The van der Waals surface area contributed by atoms with E-state index in [1.54, 1.807) is 0 Å². The van der Waals surface area contributed by atoms with Gasteiger partial charge in [0.1, 0.15) is 11.2 Å². The van der Waals surface area contributed by atoms with Gasteiger partial charge >= 0.3 is 5.97 Å². The number of carboxylic acids is 1. The van der Waals surface area contributed by atoms with Gasteiger partial charge < -0.3 is 20.5 Å². The first-order chi connectivity index (χ1) is 12.3. The van der Waals surface area contributed by atoms with Crippen LogP contribution in [-0.2, 0) is 0 Å². The zero-order valence-electron chi connectivity index (χ0n) is 12.8. The van der Waals surface area contributed by atoms with E-state index >= 15 is 0 Å². The van der Waals surface area contributed by atoms with Crippen LogP contribution in [0.5, 0.6) is 5.88 Å². The molecule has 0 fully saturated rings. The molecule has 3 aromatic rings.